The number of rotatable bonds is 4. The van der Waals surface area contributed by atoms with Crippen molar-refractivity contribution in [3.63, 3.8) is 0 Å². The first kappa shape index (κ1) is 12.2. The normalized spacial score (nSPS) is 10.2. The van der Waals surface area contributed by atoms with Crippen molar-refractivity contribution < 1.29 is 18.7 Å². The summed E-state index contributed by atoms with van der Waals surface area (Å²) in [4.78, 5) is 4.18. The first-order chi connectivity index (χ1) is 8.69. The molecule has 0 saturated heterocycles. The molecule has 6 nitrogen and oxygen atoms in total. The molecule has 1 aromatic carbocycles. The summed E-state index contributed by atoms with van der Waals surface area (Å²) < 4.78 is 20.9. The number of hydrogen-bond acceptors (Lipinski definition) is 6. The lowest BCUT2D eigenvalue weighted by atomic mass is 10.1. The summed E-state index contributed by atoms with van der Waals surface area (Å²) in [6.45, 7) is 1.75. The molecule has 2 aromatic rings. The number of hydrogen-bond donors (Lipinski definition) is 0. The summed E-state index contributed by atoms with van der Waals surface area (Å²) in [5, 5.41) is 3.76. The van der Waals surface area contributed by atoms with Gasteiger partial charge in [-0.15, -0.1) is 0 Å². The van der Waals surface area contributed by atoms with Crippen molar-refractivity contribution in [2.75, 3.05) is 21.3 Å². The van der Waals surface area contributed by atoms with Gasteiger partial charge in [-0.1, -0.05) is 5.16 Å². The summed E-state index contributed by atoms with van der Waals surface area (Å²) in [7, 11) is 4.69. The van der Waals surface area contributed by atoms with Crippen LogP contribution in [-0.4, -0.2) is 31.5 Å². The summed E-state index contributed by atoms with van der Waals surface area (Å²) in [5.41, 5.74) is 0.612. The van der Waals surface area contributed by atoms with Gasteiger partial charge >= 0.3 is 0 Å². The van der Waals surface area contributed by atoms with Gasteiger partial charge in [0.1, 0.15) is 22.8 Å². The number of ether oxygens (including phenoxy) is 3. The third kappa shape index (κ3) is 2.09. The van der Waals surface area contributed by atoms with Crippen molar-refractivity contribution in [3.8, 4) is 28.7 Å². The molecular weight excluding hydrogens is 236 g/mol. The zero-order valence-electron chi connectivity index (χ0n) is 10.7. The smallest absolute Gasteiger partial charge is 0.265 e. The van der Waals surface area contributed by atoms with E-state index in [1.54, 1.807) is 40.4 Å². The Morgan fingerprint density at radius 1 is 1.00 bits per heavy atom. The average Bonchev–Trinajstić information content (AvgIpc) is 2.83. The zero-order valence-corrected chi connectivity index (χ0v) is 10.7. The van der Waals surface area contributed by atoms with E-state index < -0.39 is 0 Å². The lowest BCUT2D eigenvalue weighted by molar-refractivity contribution is 0.371. The second-order valence-corrected chi connectivity index (χ2v) is 3.55. The van der Waals surface area contributed by atoms with Crippen molar-refractivity contribution in [3.05, 3.63) is 18.0 Å². The highest BCUT2D eigenvalue weighted by Crippen LogP contribution is 2.40. The van der Waals surface area contributed by atoms with Crippen LogP contribution in [0.25, 0.3) is 11.5 Å². The van der Waals surface area contributed by atoms with Gasteiger partial charge in [-0.25, -0.2) is 0 Å². The SMILES string of the molecule is COc1cc(OC)c(-c2nc(C)no2)c(OC)c1. The minimum atomic E-state index is 0.351. The van der Waals surface area contributed by atoms with Crippen LogP contribution < -0.4 is 14.2 Å². The highest BCUT2D eigenvalue weighted by atomic mass is 16.5. The predicted octanol–water partition coefficient (Wildman–Crippen LogP) is 2.07. The molecule has 2 rings (SSSR count). The molecule has 0 fully saturated rings. The fourth-order valence-electron chi connectivity index (χ4n) is 1.62. The van der Waals surface area contributed by atoms with Crippen molar-refractivity contribution in [2.45, 2.75) is 6.92 Å². The van der Waals surface area contributed by atoms with E-state index in [1.807, 2.05) is 0 Å². The molecule has 0 aliphatic rings. The molecule has 6 heteroatoms. The molecule has 0 spiro atoms. The maximum Gasteiger partial charge on any atom is 0.265 e. The lowest BCUT2D eigenvalue weighted by Crippen LogP contribution is -1.95. The first-order valence-corrected chi connectivity index (χ1v) is 5.30. The maximum absolute atomic E-state index is 5.31. The predicted molar refractivity (Wildman–Crippen MR) is 64.1 cm³/mol. The monoisotopic (exact) mass is 250 g/mol. The van der Waals surface area contributed by atoms with Gasteiger partial charge in [0.05, 0.1) is 21.3 Å². The van der Waals surface area contributed by atoms with Crippen molar-refractivity contribution in [1.82, 2.24) is 10.1 Å². The van der Waals surface area contributed by atoms with Crippen molar-refractivity contribution in [2.24, 2.45) is 0 Å². The zero-order chi connectivity index (χ0) is 13.1. The van der Waals surface area contributed by atoms with E-state index >= 15 is 0 Å². The highest BCUT2D eigenvalue weighted by molar-refractivity contribution is 5.72. The van der Waals surface area contributed by atoms with Crippen LogP contribution in [0.15, 0.2) is 16.7 Å². The minimum Gasteiger partial charge on any atom is -0.496 e. The molecule has 0 atom stereocenters. The van der Waals surface area contributed by atoms with E-state index in [1.165, 1.54) is 0 Å². The molecule has 0 radical (unpaired) electrons. The average molecular weight is 250 g/mol. The lowest BCUT2D eigenvalue weighted by Gasteiger charge is -2.12. The summed E-state index contributed by atoms with van der Waals surface area (Å²) in [6, 6.07) is 3.47. The van der Waals surface area contributed by atoms with Gasteiger partial charge in [0, 0.05) is 12.1 Å². The van der Waals surface area contributed by atoms with Gasteiger partial charge in [0.25, 0.3) is 5.89 Å². The molecule has 0 saturated carbocycles. The van der Waals surface area contributed by atoms with E-state index in [-0.39, 0.29) is 0 Å². The number of nitrogens with zero attached hydrogens (tertiary/aromatic N) is 2. The second kappa shape index (κ2) is 4.95. The molecular formula is C12H14N2O4. The standard InChI is InChI=1S/C12H14N2O4/c1-7-13-12(18-14-7)11-9(16-3)5-8(15-2)6-10(11)17-4/h5-6H,1-4H3. The largest absolute Gasteiger partial charge is 0.496 e. The van der Waals surface area contributed by atoms with Gasteiger partial charge in [-0.2, -0.15) is 4.98 Å². The first-order valence-electron chi connectivity index (χ1n) is 5.30. The van der Waals surface area contributed by atoms with Crippen LogP contribution in [0, 0.1) is 6.92 Å². The molecule has 1 aromatic heterocycles. The Labute approximate surface area is 104 Å². The summed E-state index contributed by atoms with van der Waals surface area (Å²) in [5.74, 6) is 2.63. The van der Waals surface area contributed by atoms with E-state index in [2.05, 4.69) is 10.1 Å². The van der Waals surface area contributed by atoms with Gasteiger partial charge in [-0.05, 0) is 6.92 Å². The topological polar surface area (TPSA) is 66.6 Å². The molecule has 0 unspecified atom stereocenters. The molecule has 1 heterocycles. The van der Waals surface area contributed by atoms with Gasteiger partial charge < -0.3 is 18.7 Å². The number of benzene rings is 1. The van der Waals surface area contributed by atoms with Crippen LogP contribution in [0.1, 0.15) is 5.82 Å². The van der Waals surface area contributed by atoms with E-state index in [4.69, 9.17) is 18.7 Å². The van der Waals surface area contributed by atoms with Gasteiger partial charge in [0.2, 0.25) is 0 Å². The Morgan fingerprint density at radius 2 is 1.61 bits per heavy atom. The van der Waals surface area contributed by atoms with Gasteiger partial charge in [0.15, 0.2) is 5.82 Å². The molecule has 0 amide bonds. The fourth-order valence-corrected chi connectivity index (χ4v) is 1.62. The van der Waals surface area contributed by atoms with Crippen LogP contribution >= 0.6 is 0 Å². The maximum atomic E-state index is 5.31. The Morgan fingerprint density at radius 3 is 2.00 bits per heavy atom. The highest BCUT2D eigenvalue weighted by Gasteiger charge is 2.20. The third-order valence-electron chi connectivity index (χ3n) is 2.46. The van der Waals surface area contributed by atoms with Crippen LogP contribution in [-0.2, 0) is 0 Å². The molecule has 0 bridgehead atoms. The van der Waals surface area contributed by atoms with Crippen LogP contribution in [0.3, 0.4) is 0 Å². The Balaban J connectivity index is 2.63. The fraction of sp³-hybridized carbons (Fsp3) is 0.333. The molecule has 18 heavy (non-hydrogen) atoms. The van der Waals surface area contributed by atoms with E-state index in [0.717, 1.165) is 0 Å². The third-order valence-corrected chi connectivity index (χ3v) is 2.46. The van der Waals surface area contributed by atoms with E-state index in [9.17, 15) is 0 Å². The van der Waals surface area contributed by atoms with Crippen molar-refractivity contribution >= 4 is 0 Å². The summed E-state index contributed by atoms with van der Waals surface area (Å²) in [6.07, 6.45) is 0. The quantitative estimate of drug-likeness (QED) is 0.827. The minimum absolute atomic E-state index is 0.351. The van der Waals surface area contributed by atoms with Crippen molar-refractivity contribution in [1.29, 1.82) is 0 Å². The second-order valence-electron chi connectivity index (χ2n) is 3.55. The molecule has 0 aliphatic heterocycles. The van der Waals surface area contributed by atoms with Crippen LogP contribution in [0.4, 0.5) is 0 Å². The number of aryl methyl sites for hydroxylation is 1. The Kier molecular flexibility index (Phi) is 3.36. The summed E-state index contributed by atoms with van der Waals surface area (Å²) >= 11 is 0. The Bertz CT molecular complexity index is 526. The molecule has 0 aliphatic carbocycles. The molecule has 96 valence electrons. The van der Waals surface area contributed by atoms with Crippen LogP contribution in [0.2, 0.25) is 0 Å². The van der Waals surface area contributed by atoms with E-state index in [0.29, 0.717) is 34.5 Å². The number of methoxy groups -OCH3 is 3. The number of aromatic nitrogens is 2. The van der Waals surface area contributed by atoms with Gasteiger partial charge in [-0.3, -0.25) is 0 Å². The van der Waals surface area contributed by atoms with Crippen LogP contribution in [0.5, 0.6) is 17.2 Å². The Hall–Kier alpha value is -2.24. The molecule has 0 N–H and O–H groups in total.